The highest BCUT2D eigenvalue weighted by Gasteiger charge is 2.30. The van der Waals surface area contributed by atoms with Crippen molar-refractivity contribution >= 4 is 11.7 Å². The number of hydrogen-bond donors (Lipinski definition) is 2. The fourth-order valence-electron chi connectivity index (χ4n) is 2.21. The molecule has 1 unspecified atom stereocenters. The molecule has 90 valence electrons. The van der Waals surface area contributed by atoms with E-state index in [-0.39, 0.29) is 12.3 Å². The number of fused-ring (bicyclic) bond motifs is 1. The van der Waals surface area contributed by atoms with Gasteiger partial charge >= 0.3 is 5.97 Å². The van der Waals surface area contributed by atoms with E-state index in [0.717, 1.165) is 11.1 Å². The molecule has 0 fully saturated rings. The first-order chi connectivity index (χ1) is 8.15. The maximum Gasteiger partial charge on any atom is 0.303 e. The Labute approximate surface area is 98.3 Å². The molecule has 1 aliphatic carbocycles. The van der Waals surface area contributed by atoms with E-state index in [9.17, 15) is 4.79 Å². The van der Waals surface area contributed by atoms with Crippen LogP contribution in [0.25, 0.3) is 0 Å². The molecule has 1 aliphatic rings. The highest BCUT2D eigenvalue weighted by Crippen LogP contribution is 2.37. The van der Waals surface area contributed by atoms with Crippen molar-refractivity contribution in [2.45, 2.75) is 18.8 Å². The summed E-state index contributed by atoms with van der Waals surface area (Å²) in [5.74, 6) is -0.329. The molecule has 1 aromatic rings. The van der Waals surface area contributed by atoms with E-state index in [1.807, 2.05) is 0 Å². The van der Waals surface area contributed by atoms with E-state index in [2.05, 4.69) is 5.16 Å². The van der Waals surface area contributed by atoms with Gasteiger partial charge in [0.1, 0.15) is 5.75 Å². The number of ether oxygens (including phenoxy) is 1. The number of carboxylic acid groups (broad SMARTS) is 1. The number of oxime groups is 1. The molecule has 0 radical (unpaired) electrons. The summed E-state index contributed by atoms with van der Waals surface area (Å²) in [6.45, 7) is 0. The Bertz CT molecular complexity index is 481. The normalized spacial score (nSPS) is 20.3. The standard InChI is InChI=1S/C12H13NO4/c1-17-8-2-3-9-10(6-8)7(5-12(14)15)4-11(9)13-16/h2-3,6-7,16H,4-5H2,1H3,(H,14,15)/b13-11-. The second-order valence-corrected chi connectivity index (χ2v) is 4.00. The van der Waals surface area contributed by atoms with Crippen LogP contribution >= 0.6 is 0 Å². The van der Waals surface area contributed by atoms with Gasteiger partial charge in [-0.3, -0.25) is 4.79 Å². The summed E-state index contributed by atoms with van der Waals surface area (Å²) in [6, 6.07) is 5.37. The molecule has 0 aliphatic heterocycles. The lowest BCUT2D eigenvalue weighted by Gasteiger charge is -2.08. The Morgan fingerprint density at radius 2 is 2.35 bits per heavy atom. The Kier molecular flexibility index (Phi) is 2.99. The van der Waals surface area contributed by atoms with Crippen LogP contribution in [0, 0.1) is 0 Å². The summed E-state index contributed by atoms with van der Waals surface area (Å²) < 4.78 is 5.11. The second kappa shape index (κ2) is 4.45. The Hall–Kier alpha value is -2.04. The zero-order valence-electron chi connectivity index (χ0n) is 9.38. The molecule has 0 aromatic heterocycles. The summed E-state index contributed by atoms with van der Waals surface area (Å²) in [5, 5.41) is 21.0. The summed E-state index contributed by atoms with van der Waals surface area (Å²) in [5.41, 5.74) is 2.22. The van der Waals surface area contributed by atoms with Gasteiger partial charge in [0.2, 0.25) is 0 Å². The molecule has 2 rings (SSSR count). The molecule has 0 saturated carbocycles. The molecule has 1 aromatic carbocycles. The van der Waals surface area contributed by atoms with Gasteiger partial charge in [-0.25, -0.2) is 0 Å². The minimum absolute atomic E-state index is 0.0270. The van der Waals surface area contributed by atoms with Crippen LogP contribution in [-0.4, -0.2) is 29.1 Å². The lowest BCUT2D eigenvalue weighted by atomic mass is 9.98. The third-order valence-corrected chi connectivity index (χ3v) is 2.99. The van der Waals surface area contributed by atoms with Gasteiger partial charge in [-0.1, -0.05) is 5.16 Å². The van der Waals surface area contributed by atoms with Crippen LogP contribution in [0.4, 0.5) is 0 Å². The molecule has 0 spiro atoms. The van der Waals surface area contributed by atoms with E-state index >= 15 is 0 Å². The molecular weight excluding hydrogens is 222 g/mol. The first kappa shape index (κ1) is 11.4. The number of methoxy groups -OCH3 is 1. The van der Waals surface area contributed by atoms with E-state index in [1.165, 1.54) is 0 Å². The van der Waals surface area contributed by atoms with Crippen LogP contribution in [0.1, 0.15) is 29.9 Å². The van der Waals surface area contributed by atoms with E-state index in [0.29, 0.717) is 17.9 Å². The van der Waals surface area contributed by atoms with E-state index < -0.39 is 5.97 Å². The highest BCUT2D eigenvalue weighted by molar-refractivity contribution is 6.05. The molecular formula is C12H13NO4. The van der Waals surface area contributed by atoms with Crippen molar-refractivity contribution in [3.63, 3.8) is 0 Å². The zero-order chi connectivity index (χ0) is 12.4. The molecule has 5 heteroatoms. The van der Waals surface area contributed by atoms with Crippen molar-refractivity contribution in [2.75, 3.05) is 7.11 Å². The van der Waals surface area contributed by atoms with Gasteiger partial charge in [-0.2, -0.15) is 0 Å². The van der Waals surface area contributed by atoms with Crippen molar-refractivity contribution < 1.29 is 19.8 Å². The van der Waals surface area contributed by atoms with Gasteiger partial charge in [-0.05, 0) is 23.8 Å². The lowest BCUT2D eigenvalue weighted by molar-refractivity contribution is -0.137. The molecule has 1 atom stereocenters. The molecule has 17 heavy (non-hydrogen) atoms. The highest BCUT2D eigenvalue weighted by atomic mass is 16.5. The van der Waals surface area contributed by atoms with E-state index in [1.54, 1.807) is 25.3 Å². The Balaban J connectivity index is 2.42. The average Bonchev–Trinajstić information content (AvgIpc) is 2.66. The summed E-state index contributed by atoms with van der Waals surface area (Å²) in [4.78, 5) is 10.8. The van der Waals surface area contributed by atoms with Gasteiger partial charge in [0.05, 0.1) is 19.2 Å². The number of rotatable bonds is 3. The molecule has 0 heterocycles. The van der Waals surface area contributed by atoms with Crippen LogP contribution in [0.3, 0.4) is 0 Å². The summed E-state index contributed by atoms with van der Waals surface area (Å²) in [6.07, 6.45) is 0.477. The molecule has 2 N–H and O–H groups in total. The van der Waals surface area contributed by atoms with Crippen LogP contribution in [-0.2, 0) is 4.79 Å². The minimum Gasteiger partial charge on any atom is -0.497 e. The van der Waals surface area contributed by atoms with Gasteiger partial charge in [0, 0.05) is 17.9 Å². The van der Waals surface area contributed by atoms with Gasteiger partial charge in [0.25, 0.3) is 0 Å². The smallest absolute Gasteiger partial charge is 0.303 e. The van der Waals surface area contributed by atoms with Crippen LogP contribution in [0.5, 0.6) is 5.75 Å². The molecule has 0 amide bonds. The van der Waals surface area contributed by atoms with Crippen LogP contribution in [0.15, 0.2) is 23.4 Å². The SMILES string of the molecule is COc1ccc2c(c1)C(CC(=O)O)C/C2=N/O. The summed E-state index contributed by atoms with van der Waals surface area (Å²) in [7, 11) is 1.56. The first-order valence-electron chi connectivity index (χ1n) is 5.26. The van der Waals surface area contributed by atoms with Crippen molar-refractivity contribution in [1.29, 1.82) is 0 Å². The Morgan fingerprint density at radius 3 is 2.94 bits per heavy atom. The predicted molar refractivity (Wildman–Crippen MR) is 60.9 cm³/mol. The van der Waals surface area contributed by atoms with Crippen LogP contribution in [0.2, 0.25) is 0 Å². The largest absolute Gasteiger partial charge is 0.497 e. The number of benzene rings is 1. The van der Waals surface area contributed by atoms with Crippen molar-refractivity contribution in [2.24, 2.45) is 5.16 Å². The maximum absolute atomic E-state index is 10.8. The zero-order valence-corrected chi connectivity index (χ0v) is 9.38. The van der Waals surface area contributed by atoms with Crippen molar-refractivity contribution in [3.05, 3.63) is 29.3 Å². The molecule has 5 nitrogen and oxygen atoms in total. The maximum atomic E-state index is 10.8. The van der Waals surface area contributed by atoms with Gasteiger partial charge < -0.3 is 15.1 Å². The fourth-order valence-corrected chi connectivity index (χ4v) is 2.21. The number of hydrogen-bond acceptors (Lipinski definition) is 4. The molecule has 0 saturated heterocycles. The van der Waals surface area contributed by atoms with Crippen molar-refractivity contribution in [1.82, 2.24) is 0 Å². The second-order valence-electron chi connectivity index (χ2n) is 4.00. The Morgan fingerprint density at radius 1 is 1.59 bits per heavy atom. The van der Waals surface area contributed by atoms with E-state index in [4.69, 9.17) is 15.1 Å². The third kappa shape index (κ3) is 2.08. The number of carbonyl (C=O) groups is 1. The number of nitrogens with zero attached hydrogens (tertiary/aromatic N) is 1. The molecule has 0 bridgehead atoms. The predicted octanol–water partition coefficient (Wildman–Crippen LogP) is 1.84. The van der Waals surface area contributed by atoms with Gasteiger partial charge in [0.15, 0.2) is 0 Å². The van der Waals surface area contributed by atoms with Crippen LogP contribution < -0.4 is 4.74 Å². The number of carboxylic acids is 1. The number of aliphatic carboxylic acids is 1. The quantitative estimate of drug-likeness (QED) is 0.618. The topological polar surface area (TPSA) is 79.1 Å². The fraction of sp³-hybridized carbons (Fsp3) is 0.333. The minimum atomic E-state index is -0.858. The lowest BCUT2D eigenvalue weighted by Crippen LogP contribution is -2.03. The monoisotopic (exact) mass is 235 g/mol. The third-order valence-electron chi connectivity index (χ3n) is 2.99. The van der Waals surface area contributed by atoms with Crippen molar-refractivity contribution in [3.8, 4) is 5.75 Å². The van der Waals surface area contributed by atoms with Gasteiger partial charge in [-0.15, -0.1) is 0 Å². The first-order valence-corrected chi connectivity index (χ1v) is 5.26. The summed E-state index contributed by atoms with van der Waals surface area (Å²) >= 11 is 0. The average molecular weight is 235 g/mol.